The Kier molecular flexibility index (Phi) is 4.52. The molecule has 1 aliphatic rings. The van der Waals surface area contributed by atoms with E-state index >= 15 is 0 Å². The van der Waals surface area contributed by atoms with Crippen LogP contribution < -0.4 is 0 Å². The maximum Gasteiger partial charge on any atom is 0.236 e. The van der Waals surface area contributed by atoms with Crippen LogP contribution >= 0.6 is 22.7 Å². The summed E-state index contributed by atoms with van der Waals surface area (Å²) in [5.74, 6) is 1.68. The molecule has 1 fully saturated rings. The van der Waals surface area contributed by atoms with Crippen LogP contribution in [0.5, 0.6) is 0 Å². The van der Waals surface area contributed by atoms with Crippen molar-refractivity contribution < 1.29 is 4.42 Å². The van der Waals surface area contributed by atoms with E-state index in [1.807, 2.05) is 13.1 Å². The van der Waals surface area contributed by atoms with Crippen molar-refractivity contribution in [3.05, 3.63) is 45.0 Å². The number of nitrogens with zero attached hydrogens (tertiary/aromatic N) is 3. The quantitative estimate of drug-likeness (QED) is 0.642. The molecule has 1 saturated heterocycles. The van der Waals surface area contributed by atoms with Crippen molar-refractivity contribution >= 4 is 22.7 Å². The van der Waals surface area contributed by atoms with Crippen LogP contribution in [-0.4, -0.2) is 21.4 Å². The lowest BCUT2D eigenvalue weighted by Gasteiger charge is -2.33. The Morgan fingerprint density at radius 3 is 2.96 bits per heavy atom. The van der Waals surface area contributed by atoms with E-state index < -0.39 is 0 Å². The van der Waals surface area contributed by atoms with E-state index in [0.717, 1.165) is 35.3 Å². The van der Waals surface area contributed by atoms with Gasteiger partial charge >= 0.3 is 0 Å². The van der Waals surface area contributed by atoms with Gasteiger partial charge in [-0.25, -0.2) is 9.97 Å². The summed E-state index contributed by atoms with van der Waals surface area (Å²) >= 11 is 3.49. The van der Waals surface area contributed by atoms with Gasteiger partial charge in [-0.1, -0.05) is 6.42 Å². The van der Waals surface area contributed by atoms with Gasteiger partial charge in [-0.2, -0.15) is 0 Å². The standard InChI is InChI=1S/C18H21N3OS2/c1-12-6-7-16(24-12)17-20-14(13(2)22-17)11-21-9-4-3-5-15(21)18-19-8-10-23-18/h6-8,10,15H,3-5,9,11H2,1-2H3/t15-/m1/s1. The van der Waals surface area contributed by atoms with Crippen LogP contribution in [0, 0.1) is 13.8 Å². The Labute approximate surface area is 150 Å². The highest BCUT2D eigenvalue weighted by atomic mass is 32.1. The fraction of sp³-hybridized carbons (Fsp3) is 0.444. The number of oxazole rings is 1. The van der Waals surface area contributed by atoms with Crippen LogP contribution in [-0.2, 0) is 6.54 Å². The van der Waals surface area contributed by atoms with Gasteiger partial charge < -0.3 is 4.42 Å². The van der Waals surface area contributed by atoms with Gasteiger partial charge in [0.15, 0.2) is 0 Å². The lowest BCUT2D eigenvalue weighted by molar-refractivity contribution is 0.138. The molecule has 1 aliphatic heterocycles. The molecule has 24 heavy (non-hydrogen) atoms. The second kappa shape index (κ2) is 6.78. The smallest absolute Gasteiger partial charge is 0.236 e. The molecule has 0 aliphatic carbocycles. The highest BCUT2D eigenvalue weighted by Crippen LogP contribution is 2.34. The maximum absolute atomic E-state index is 5.94. The number of thiazole rings is 1. The maximum atomic E-state index is 5.94. The zero-order valence-corrected chi connectivity index (χ0v) is 15.6. The normalized spacial score (nSPS) is 19.0. The summed E-state index contributed by atoms with van der Waals surface area (Å²) in [4.78, 5) is 14.2. The summed E-state index contributed by atoms with van der Waals surface area (Å²) in [6.45, 7) is 6.07. The molecule has 1 atom stereocenters. The van der Waals surface area contributed by atoms with Crippen molar-refractivity contribution in [2.24, 2.45) is 0 Å². The molecule has 126 valence electrons. The highest BCUT2D eigenvalue weighted by Gasteiger charge is 2.27. The molecule has 0 radical (unpaired) electrons. The van der Waals surface area contributed by atoms with E-state index in [9.17, 15) is 0 Å². The van der Waals surface area contributed by atoms with Crippen molar-refractivity contribution in [3.8, 4) is 10.8 Å². The number of likely N-dealkylation sites (tertiary alicyclic amines) is 1. The SMILES string of the molecule is Cc1ccc(-c2nc(CN3CCCC[C@@H]3c3nccs3)c(C)o2)s1. The van der Waals surface area contributed by atoms with Crippen LogP contribution in [0.1, 0.15) is 46.6 Å². The number of rotatable bonds is 4. The molecule has 4 heterocycles. The molecule has 0 bridgehead atoms. The number of hydrogen-bond acceptors (Lipinski definition) is 6. The van der Waals surface area contributed by atoms with Gasteiger partial charge in [0.25, 0.3) is 0 Å². The average molecular weight is 360 g/mol. The first kappa shape index (κ1) is 16.0. The van der Waals surface area contributed by atoms with E-state index in [1.54, 1.807) is 22.7 Å². The molecule has 0 unspecified atom stereocenters. The molecule has 0 N–H and O–H groups in total. The topological polar surface area (TPSA) is 42.2 Å². The number of piperidine rings is 1. The van der Waals surface area contributed by atoms with Gasteiger partial charge in [-0.15, -0.1) is 22.7 Å². The third kappa shape index (κ3) is 3.18. The molecule has 4 nitrogen and oxygen atoms in total. The average Bonchev–Trinajstić information content (AvgIpc) is 3.30. The monoisotopic (exact) mass is 359 g/mol. The molecule has 3 aromatic rings. The van der Waals surface area contributed by atoms with Gasteiger partial charge in [0.2, 0.25) is 5.89 Å². The van der Waals surface area contributed by atoms with Gasteiger partial charge in [-0.05, 0) is 45.4 Å². The molecular weight excluding hydrogens is 338 g/mol. The van der Waals surface area contributed by atoms with Crippen molar-refractivity contribution in [2.45, 2.75) is 45.7 Å². The number of thiophene rings is 1. The van der Waals surface area contributed by atoms with Crippen molar-refractivity contribution in [1.29, 1.82) is 0 Å². The minimum absolute atomic E-state index is 0.419. The summed E-state index contributed by atoms with van der Waals surface area (Å²) in [7, 11) is 0. The largest absolute Gasteiger partial charge is 0.440 e. The first-order chi connectivity index (χ1) is 11.7. The van der Waals surface area contributed by atoms with Crippen molar-refractivity contribution in [3.63, 3.8) is 0 Å². The van der Waals surface area contributed by atoms with Crippen LogP contribution in [0.4, 0.5) is 0 Å². The highest BCUT2D eigenvalue weighted by molar-refractivity contribution is 7.15. The van der Waals surface area contributed by atoms with Crippen LogP contribution in [0.15, 0.2) is 28.1 Å². The third-order valence-corrected chi connectivity index (χ3v) is 6.41. The number of aromatic nitrogens is 2. The molecular formula is C18H21N3OS2. The second-order valence-corrected chi connectivity index (χ2v) is 8.50. The van der Waals surface area contributed by atoms with E-state index in [1.165, 1.54) is 29.1 Å². The summed E-state index contributed by atoms with van der Waals surface area (Å²) < 4.78 is 5.94. The van der Waals surface area contributed by atoms with Gasteiger partial charge in [0, 0.05) is 23.0 Å². The molecule has 0 spiro atoms. The summed E-state index contributed by atoms with van der Waals surface area (Å²) in [5, 5.41) is 3.30. The summed E-state index contributed by atoms with van der Waals surface area (Å²) in [6, 6.07) is 4.62. The molecule has 0 aromatic carbocycles. The predicted molar refractivity (Wildman–Crippen MR) is 98.4 cm³/mol. The predicted octanol–water partition coefficient (Wildman–Crippen LogP) is 5.20. The molecule has 4 rings (SSSR count). The number of aryl methyl sites for hydroxylation is 2. The van der Waals surface area contributed by atoms with E-state index in [4.69, 9.17) is 9.40 Å². The summed E-state index contributed by atoms with van der Waals surface area (Å²) in [5.41, 5.74) is 1.06. The lowest BCUT2D eigenvalue weighted by Crippen LogP contribution is -2.33. The number of hydrogen-bond donors (Lipinski definition) is 0. The Morgan fingerprint density at radius 2 is 2.21 bits per heavy atom. The van der Waals surface area contributed by atoms with E-state index in [0.29, 0.717) is 6.04 Å². The van der Waals surface area contributed by atoms with Crippen molar-refractivity contribution in [1.82, 2.24) is 14.9 Å². The Hall–Kier alpha value is -1.50. The van der Waals surface area contributed by atoms with E-state index in [-0.39, 0.29) is 0 Å². The lowest BCUT2D eigenvalue weighted by atomic mass is 10.0. The summed E-state index contributed by atoms with van der Waals surface area (Å²) in [6.07, 6.45) is 5.61. The molecule has 0 saturated carbocycles. The zero-order valence-electron chi connectivity index (χ0n) is 14.0. The van der Waals surface area contributed by atoms with Gasteiger partial charge in [0.1, 0.15) is 10.8 Å². The minimum Gasteiger partial charge on any atom is -0.440 e. The van der Waals surface area contributed by atoms with Crippen molar-refractivity contribution in [2.75, 3.05) is 6.54 Å². The van der Waals surface area contributed by atoms with E-state index in [2.05, 4.69) is 34.3 Å². The van der Waals surface area contributed by atoms with Gasteiger partial charge in [-0.3, -0.25) is 4.90 Å². The fourth-order valence-corrected chi connectivity index (χ4v) is 4.88. The molecule has 3 aromatic heterocycles. The first-order valence-electron chi connectivity index (χ1n) is 8.37. The second-order valence-electron chi connectivity index (χ2n) is 6.28. The first-order valence-corrected chi connectivity index (χ1v) is 10.1. The fourth-order valence-electron chi connectivity index (χ4n) is 3.28. The third-order valence-electron chi connectivity index (χ3n) is 4.55. The Balaban J connectivity index is 1.56. The molecule has 0 amide bonds. The minimum atomic E-state index is 0.419. The Bertz CT molecular complexity index is 806. The van der Waals surface area contributed by atoms with Crippen LogP contribution in [0.2, 0.25) is 0 Å². The van der Waals surface area contributed by atoms with Crippen LogP contribution in [0.3, 0.4) is 0 Å². The van der Waals surface area contributed by atoms with Gasteiger partial charge in [0.05, 0.1) is 16.6 Å². The Morgan fingerprint density at radius 1 is 1.29 bits per heavy atom. The zero-order chi connectivity index (χ0) is 16.5. The molecule has 6 heteroatoms. The van der Waals surface area contributed by atoms with Crippen LogP contribution in [0.25, 0.3) is 10.8 Å².